The third kappa shape index (κ3) is 4.79. The normalized spacial score (nSPS) is 11.1. The molecule has 5 heteroatoms. The van der Waals surface area contributed by atoms with Crippen molar-refractivity contribution in [3.8, 4) is 5.75 Å². The fourth-order valence-corrected chi connectivity index (χ4v) is 2.45. The molecule has 4 nitrogen and oxygen atoms in total. The summed E-state index contributed by atoms with van der Waals surface area (Å²) in [6, 6.07) is 14.6. The molecule has 0 aliphatic rings. The Balaban J connectivity index is 1.80. The summed E-state index contributed by atoms with van der Waals surface area (Å²) in [5.74, 6) is 0.660. The second-order valence-electron chi connectivity index (χ2n) is 4.88. The van der Waals surface area contributed by atoms with Gasteiger partial charge in [-0.15, -0.1) is 0 Å². The molecule has 2 rings (SSSR count). The van der Waals surface area contributed by atoms with Crippen LogP contribution in [0, 0.1) is 6.92 Å². The van der Waals surface area contributed by atoms with Crippen molar-refractivity contribution < 1.29 is 13.2 Å². The summed E-state index contributed by atoms with van der Waals surface area (Å²) in [5.41, 5.74) is 2.28. The number of sulfone groups is 1. The van der Waals surface area contributed by atoms with Crippen LogP contribution in [0.15, 0.2) is 53.4 Å². The minimum Gasteiger partial charge on any atom is -0.492 e. The van der Waals surface area contributed by atoms with E-state index in [9.17, 15) is 8.42 Å². The van der Waals surface area contributed by atoms with E-state index in [1.807, 2.05) is 31.2 Å². The minimum absolute atomic E-state index is 0.299. The molecule has 0 heterocycles. The highest BCUT2D eigenvalue weighted by Crippen LogP contribution is 2.15. The Morgan fingerprint density at radius 1 is 1.00 bits per heavy atom. The largest absolute Gasteiger partial charge is 0.492 e. The van der Waals surface area contributed by atoms with Gasteiger partial charge in [-0.3, -0.25) is 0 Å². The first kappa shape index (κ1) is 15.4. The molecule has 0 aliphatic heterocycles. The minimum atomic E-state index is -3.15. The van der Waals surface area contributed by atoms with E-state index < -0.39 is 9.84 Å². The maximum Gasteiger partial charge on any atom is 0.175 e. The summed E-state index contributed by atoms with van der Waals surface area (Å²) in [4.78, 5) is 0.299. The number of ether oxygens (including phenoxy) is 1. The lowest BCUT2D eigenvalue weighted by Gasteiger charge is -2.09. The number of anilines is 1. The van der Waals surface area contributed by atoms with Crippen LogP contribution in [0.4, 0.5) is 5.69 Å². The van der Waals surface area contributed by atoms with Crippen molar-refractivity contribution in [1.29, 1.82) is 0 Å². The van der Waals surface area contributed by atoms with Gasteiger partial charge in [-0.1, -0.05) is 17.7 Å². The molecule has 0 saturated carbocycles. The van der Waals surface area contributed by atoms with E-state index in [1.165, 1.54) is 11.8 Å². The molecule has 0 fully saturated rings. The number of benzene rings is 2. The Morgan fingerprint density at radius 3 is 2.19 bits per heavy atom. The van der Waals surface area contributed by atoms with Gasteiger partial charge in [0.15, 0.2) is 9.84 Å². The van der Waals surface area contributed by atoms with E-state index >= 15 is 0 Å². The summed E-state index contributed by atoms with van der Waals surface area (Å²) in [6.07, 6.45) is 1.19. The standard InChI is InChI=1S/C16H19NO3S/c1-13-3-5-14(6-4-13)17-11-12-20-15-7-9-16(10-8-15)21(2,18)19/h3-10,17H,11-12H2,1-2H3. The molecular formula is C16H19NO3S. The fraction of sp³-hybridized carbons (Fsp3) is 0.250. The van der Waals surface area contributed by atoms with Gasteiger partial charge in [-0.05, 0) is 43.3 Å². The Labute approximate surface area is 125 Å². The molecule has 0 atom stereocenters. The zero-order valence-corrected chi connectivity index (χ0v) is 13.0. The van der Waals surface area contributed by atoms with Crippen LogP contribution in [0.5, 0.6) is 5.75 Å². The zero-order chi connectivity index (χ0) is 15.3. The Hall–Kier alpha value is -2.01. The first-order chi connectivity index (χ1) is 9.95. The molecule has 1 N–H and O–H groups in total. The SMILES string of the molecule is Cc1ccc(NCCOc2ccc(S(C)(=O)=O)cc2)cc1. The van der Waals surface area contributed by atoms with Crippen LogP contribution in [0.1, 0.15) is 5.56 Å². The Bertz CT molecular complexity index is 676. The quantitative estimate of drug-likeness (QED) is 0.834. The summed E-state index contributed by atoms with van der Waals surface area (Å²) < 4.78 is 28.2. The molecule has 112 valence electrons. The topological polar surface area (TPSA) is 55.4 Å². The molecule has 0 aromatic heterocycles. The smallest absolute Gasteiger partial charge is 0.175 e. The second-order valence-corrected chi connectivity index (χ2v) is 6.90. The van der Waals surface area contributed by atoms with E-state index in [0.29, 0.717) is 23.8 Å². The van der Waals surface area contributed by atoms with Crippen molar-refractivity contribution in [2.45, 2.75) is 11.8 Å². The van der Waals surface area contributed by atoms with E-state index in [2.05, 4.69) is 5.32 Å². The van der Waals surface area contributed by atoms with Gasteiger partial charge in [0.2, 0.25) is 0 Å². The van der Waals surface area contributed by atoms with Gasteiger partial charge in [0.1, 0.15) is 12.4 Å². The molecular weight excluding hydrogens is 286 g/mol. The lowest BCUT2D eigenvalue weighted by atomic mass is 10.2. The lowest BCUT2D eigenvalue weighted by Crippen LogP contribution is -2.11. The van der Waals surface area contributed by atoms with Crippen molar-refractivity contribution in [2.24, 2.45) is 0 Å². The van der Waals surface area contributed by atoms with Gasteiger partial charge < -0.3 is 10.1 Å². The predicted molar refractivity (Wildman–Crippen MR) is 84.7 cm³/mol. The highest BCUT2D eigenvalue weighted by Gasteiger charge is 2.06. The number of hydrogen-bond donors (Lipinski definition) is 1. The van der Waals surface area contributed by atoms with E-state index in [4.69, 9.17) is 4.74 Å². The first-order valence-corrected chi connectivity index (χ1v) is 8.58. The fourth-order valence-electron chi connectivity index (χ4n) is 1.82. The van der Waals surface area contributed by atoms with Crippen molar-refractivity contribution in [3.63, 3.8) is 0 Å². The van der Waals surface area contributed by atoms with Gasteiger partial charge >= 0.3 is 0 Å². The van der Waals surface area contributed by atoms with Gasteiger partial charge in [-0.2, -0.15) is 0 Å². The van der Waals surface area contributed by atoms with Crippen LogP contribution in [0.2, 0.25) is 0 Å². The lowest BCUT2D eigenvalue weighted by molar-refractivity contribution is 0.332. The van der Waals surface area contributed by atoms with Gasteiger partial charge in [0, 0.05) is 18.5 Å². The summed E-state index contributed by atoms with van der Waals surface area (Å²) in [7, 11) is -3.15. The van der Waals surface area contributed by atoms with Crippen molar-refractivity contribution in [2.75, 3.05) is 24.7 Å². The number of aryl methyl sites for hydroxylation is 1. The van der Waals surface area contributed by atoms with Gasteiger partial charge in [-0.25, -0.2) is 8.42 Å². The third-order valence-corrected chi connectivity index (χ3v) is 4.13. The molecule has 0 saturated heterocycles. The first-order valence-electron chi connectivity index (χ1n) is 6.68. The molecule has 21 heavy (non-hydrogen) atoms. The van der Waals surface area contributed by atoms with Crippen LogP contribution in [0.3, 0.4) is 0 Å². The predicted octanol–water partition coefficient (Wildman–Crippen LogP) is 2.89. The number of rotatable bonds is 6. The molecule has 0 bridgehead atoms. The third-order valence-electron chi connectivity index (χ3n) is 3.00. The van der Waals surface area contributed by atoms with Crippen molar-refractivity contribution >= 4 is 15.5 Å². The second kappa shape index (κ2) is 6.63. The summed E-state index contributed by atoms with van der Waals surface area (Å²) in [6.45, 7) is 3.23. The van der Waals surface area contributed by atoms with E-state index in [0.717, 1.165) is 5.69 Å². The molecule has 0 unspecified atom stereocenters. The molecule has 0 radical (unpaired) electrons. The average molecular weight is 305 g/mol. The summed E-state index contributed by atoms with van der Waals surface area (Å²) in [5, 5.41) is 3.26. The van der Waals surface area contributed by atoms with E-state index in [-0.39, 0.29) is 0 Å². The Kier molecular flexibility index (Phi) is 4.85. The molecule has 2 aromatic rings. The van der Waals surface area contributed by atoms with Gasteiger partial charge in [0.05, 0.1) is 4.90 Å². The Morgan fingerprint density at radius 2 is 1.62 bits per heavy atom. The highest BCUT2D eigenvalue weighted by molar-refractivity contribution is 7.90. The molecule has 0 aliphatic carbocycles. The van der Waals surface area contributed by atoms with Crippen LogP contribution >= 0.6 is 0 Å². The maximum atomic E-state index is 11.3. The maximum absolute atomic E-state index is 11.3. The monoisotopic (exact) mass is 305 g/mol. The van der Waals surface area contributed by atoms with Crippen LogP contribution < -0.4 is 10.1 Å². The van der Waals surface area contributed by atoms with Crippen molar-refractivity contribution in [1.82, 2.24) is 0 Å². The van der Waals surface area contributed by atoms with Crippen LogP contribution in [-0.2, 0) is 9.84 Å². The van der Waals surface area contributed by atoms with Crippen LogP contribution in [0.25, 0.3) is 0 Å². The molecule has 2 aromatic carbocycles. The van der Waals surface area contributed by atoms with Gasteiger partial charge in [0.25, 0.3) is 0 Å². The molecule has 0 amide bonds. The van der Waals surface area contributed by atoms with Crippen LogP contribution in [-0.4, -0.2) is 27.8 Å². The summed E-state index contributed by atoms with van der Waals surface area (Å²) >= 11 is 0. The number of hydrogen-bond acceptors (Lipinski definition) is 4. The van der Waals surface area contributed by atoms with E-state index in [1.54, 1.807) is 24.3 Å². The molecule has 0 spiro atoms. The number of nitrogens with one attached hydrogen (secondary N) is 1. The average Bonchev–Trinajstić information content (AvgIpc) is 2.45. The van der Waals surface area contributed by atoms with Crippen molar-refractivity contribution in [3.05, 3.63) is 54.1 Å². The zero-order valence-electron chi connectivity index (χ0n) is 12.2. The highest BCUT2D eigenvalue weighted by atomic mass is 32.2.